The Hall–Kier alpha value is -3.37. The molecule has 2 aromatic heterocycles. The third-order valence-corrected chi connectivity index (χ3v) is 5.51. The Balaban J connectivity index is 1.44. The van der Waals surface area contributed by atoms with Crippen LogP contribution >= 0.6 is 27.5 Å². The first-order valence-electron chi connectivity index (χ1n) is 9.81. The summed E-state index contributed by atoms with van der Waals surface area (Å²) in [4.78, 5) is 12.3. The minimum absolute atomic E-state index is 0.212. The lowest BCUT2D eigenvalue weighted by molar-refractivity contribution is 0.0946. The van der Waals surface area contributed by atoms with Crippen molar-refractivity contribution in [3.05, 3.63) is 63.6 Å². The van der Waals surface area contributed by atoms with E-state index in [1.54, 1.807) is 61.2 Å². The van der Waals surface area contributed by atoms with Gasteiger partial charge in [-0.15, -0.1) is 15.3 Å². The Bertz CT molecular complexity index is 1310. The molecule has 9 nitrogen and oxygen atoms in total. The van der Waals surface area contributed by atoms with Crippen molar-refractivity contribution in [1.29, 1.82) is 0 Å². The Kier molecular flexibility index (Phi) is 6.95. The molecule has 0 aliphatic rings. The summed E-state index contributed by atoms with van der Waals surface area (Å²) in [7, 11) is 3.14. The molecule has 33 heavy (non-hydrogen) atoms. The molecule has 2 aromatic carbocycles. The van der Waals surface area contributed by atoms with Gasteiger partial charge in [0.1, 0.15) is 6.61 Å². The lowest BCUT2D eigenvalue weighted by Crippen LogP contribution is -2.28. The smallest absolute Gasteiger partial charge is 0.252 e. The van der Waals surface area contributed by atoms with E-state index in [1.807, 2.05) is 6.07 Å². The van der Waals surface area contributed by atoms with E-state index in [0.29, 0.717) is 39.4 Å². The summed E-state index contributed by atoms with van der Waals surface area (Å²) in [5, 5.41) is 16.0. The van der Waals surface area contributed by atoms with Gasteiger partial charge < -0.3 is 19.5 Å². The molecule has 0 atom stereocenters. The van der Waals surface area contributed by atoms with Crippen LogP contribution in [0.3, 0.4) is 0 Å². The molecule has 0 unspecified atom stereocenters. The first kappa shape index (κ1) is 22.8. The fourth-order valence-electron chi connectivity index (χ4n) is 3.09. The molecule has 2 heterocycles. The van der Waals surface area contributed by atoms with Gasteiger partial charge in [-0.25, -0.2) is 0 Å². The highest BCUT2D eigenvalue weighted by atomic mass is 79.9. The molecule has 4 rings (SSSR count). The number of ether oxygens (including phenoxy) is 3. The Morgan fingerprint density at radius 3 is 2.67 bits per heavy atom. The number of nitrogens with zero attached hydrogens (tertiary/aromatic N) is 4. The van der Waals surface area contributed by atoms with Crippen LogP contribution in [0.25, 0.3) is 17.0 Å². The van der Waals surface area contributed by atoms with E-state index in [-0.39, 0.29) is 19.1 Å². The highest BCUT2D eigenvalue weighted by Crippen LogP contribution is 2.31. The van der Waals surface area contributed by atoms with Gasteiger partial charge in [0.2, 0.25) is 5.88 Å². The van der Waals surface area contributed by atoms with Crippen molar-refractivity contribution in [2.75, 3.05) is 27.4 Å². The van der Waals surface area contributed by atoms with Crippen LogP contribution in [0.15, 0.2) is 53.0 Å². The summed E-state index contributed by atoms with van der Waals surface area (Å²) >= 11 is 9.43. The minimum atomic E-state index is -0.289. The number of aromatic nitrogens is 4. The maximum absolute atomic E-state index is 12.3. The third-order valence-electron chi connectivity index (χ3n) is 4.69. The maximum atomic E-state index is 12.3. The number of nitrogens with one attached hydrogen (secondary N) is 1. The maximum Gasteiger partial charge on any atom is 0.252 e. The number of carbonyl (C=O) groups excluding carboxylic acids is 1. The molecule has 0 bridgehead atoms. The van der Waals surface area contributed by atoms with Gasteiger partial charge in [-0.1, -0.05) is 27.5 Å². The molecule has 0 radical (unpaired) electrons. The second kappa shape index (κ2) is 10.1. The molecular formula is C22H19BrClN5O4. The number of benzene rings is 2. The monoisotopic (exact) mass is 531 g/mol. The highest BCUT2D eigenvalue weighted by Gasteiger charge is 2.14. The van der Waals surface area contributed by atoms with Crippen LogP contribution in [0, 0.1) is 0 Å². The molecule has 0 aliphatic heterocycles. The molecule has 11 heteroatoms. The van der Waals surface area contributed by atoms with Gasteiger partial charge in [-0.2, -0.15) is 4.52 Å². The molecule has 0 saturated carbocycles. The van der Waals surface area contributed by atoms with Crippen LogP contribution < -0.4 is 19.5 Å². The van der Waals surface area contributed by atoms with Crippen molar-refractivity contribution in [3.63, 3.8) is 0 Å². The third kappa shape index (κ3) is 5.01. The Morgan fingerprint density at radius 1 is 1.06 bits per heavy atom. The molecule has 4 aromatic rings. The summed E-state index contributed by atoms with van der Waals surface area (Å²) < 4.78 is 18.7. The average Bonchev–Trinajstić information content (AvgIpc) is 3.26. The molecule has 1 amide bonds. The normalized spacial score (nSPS) is 10.8. The van der Waals surface area contributed by atoms with Crippen molar-refractivity contribution in [3.8, 4) is 28.8 Å². The van der Waals surface area contributed by atoms with Crippen LogP contribution in [0.5, 0.6) is 17.4 Å². The van der Waals surface area contributed by atoms with E-state index in [0.717, 1.165) is 10.0 Å². The van der Waals surface area contributed by atoms with Crippen molar-refractivity contribution < 1.29 is 19.0 Å². The number of amides is 1. The van der Waals surface area contributed by atoms with E-state index in [2.05, 4.69) is 36.5 Å². The number of halogens is 2. The predicted octanol–water partition coefficient (Wildman–Crippen LogP) is 4.03. The zero-order chi connectivity index (χ0) is 23.4. The lowest BCUT2D eigenvalue weighted by Gasteiger charge is -2.10. The van der Waals surface area contributed by atoms with Gasteiger partial charge in [0.15, 0.2) is 23.0 Å². The summed E-state index contributed by atoms with van der Waals surface area (Å²) in [6.45, 7) is 0.482. The van der Waals surface area contributed by atoms with E-state index in [1.165, 1.54) is 0 Å². The summed E-state index contributed by atoms with van der Waals surface area (Å²) in [5.74, 6) is 1.77. The SMILES string of the molecule is COc1ccc(-c2nnc3ccc(OCCNC(=O)c4cc(Br)ccc4Cl)nn23)cc1OC. The van der Waals surface area contributed by atoms with E-state index >= 15 is 0 Å². The zero-order valence-corrected chi connectivity index (χ0v) is 20.1. The second-order valence-corrected chi connectivity index (χ2v) is 8.09. The van der Waals surface area contributed by atoms with Crippen molar-refractivity contribution >= 4 is 39.1 Å². The van der Waals surface area contributed by atoms with Gasteiger partial charge >= 0.3 is 0 Å². The van der Waals surface area contributed by atoms with Gasteiger partial charge in [-0.05, 0) is 42.5 Å². The molecule has 170 valence electrons. The van der Waals surface area contributed by atoms with Crippen LogP contribution in [0.2, 0.25) is 5.02 Å². The Labute approximate surface area is 202 Å². The second-order valence-electron chi connectivity index (χ2n) is 6.76. The highest BCUT2D eigenvalue weighted by molar-refractivity contribution is 9.10. The number of hydrogen-bond acceptors (Lipinski definition) is 7. The number of hydrogen-bond donors (Lipinski definition) is 1. The van der Waals surface area contributed by atoms with Gasteiger partial charge in [0, 0.05) is 16.1 Å². The number of fused-ring (bicyclic) bond motifs is 1. The quantitative estimate of drug-likeness (QED) is 0.342. The van der Waals surface area contributed by atoms with Crippen LogP contribution in [-0.4, -0.2) is 53.1 Å². The van der Waals surface area contributed by atoms with Gasteiger partial charge in [0.05, 0.1) is 31.4 Å². The standard InChI is InChI=1S/C22H19BrClN5O4/c1-31-17-6-3-13(11-18(17)32-2)21-27-26-19-7-8-20(28-29(19)21)33-10-9-25-22(30)15-12-14(23)4-5-16(15)24/h3-8,11-12H,9-10H2,1-2H3,(H,25,30). The molecule has 0 aliphatic carbocycles. The number of rotatable bonds is 8. The Morgan fingerprint density at radius 2 is 1.88 bits per heavy atom. The predicted molar refractivity (Wildman–Crippen MR) is 126 cm³/mol. The molecular weight excluding hydrogens is 514 g/mol. The first-order valence-corrected chi connectivity index (χ1v) is 11.0. The number of carbonyl (C=O) groups is 1. The van der Waals surface area contributed by atoms with Crippen molar-refractivity contribution in [2.24, 2.45) is 0 Å². The topological polar surface area (TPSA) is 99.9 Å². The lowest BCUT2D eigenvalue weighted by atomic mass is 10.2. The van der Waals surface area contributed by atoms with E-state index in [4.69, 9.17) is 25.8 Å². The largest absolute Gasteiger partial charge is 0.493 e. The van der Waals surface area contributed by atoms with Crippen LogP contribution in [-0.2, 0) is 0 Å². The first-order chi connectivity index (χ1) is 16.0. The van der Waals surface area contributed by atoms with E-state index in [9.17, 15) is 4.79 Å². The van der Waals surface area contributed by atoms with Gasteiger partial charge in [-0.3, -0.25) is 4.79 Å². The molecule has 1 N–H and O–H groups in total. The van der Waals surface area contributed by atoms with Crippen molar-refractivity contribution in [2.45, 2.75) is 0 Å². The summed E-state index contributed by atoms with van der Waals surface area (Å²) in [5.41, 5.74) is 1.70. The average molecular weight is 533 g/mol. The number of methoxy groups -OCH3 is 2. The summed E-state index contributed by atoms with van der Waals surface area (Å²) in [6.07, 6.45) is 0. The molecule has 0 spiro atoms. The molecule has 0 fully saturated rings. The van der Waals surface area contributed by atoms with Crippen LogP contribution in [0.4, 0.5) is 0 Å². The van der Waals surface area contributed by atoms with Crippen molar-refractivity contribution in [1.82, 2.24) is 25.1 Å². The van der Waals surface area contributed by atoms with E-state index < -0.39 is 0 Å². The zero-order valence-electron chi connectivity index (χ0n) is 17.7. The minimum Gasteiger partial charge on any atom is -0.493 e. The fourth-order valence-corrected chi connectivity index (χ4v) is 3.66. The molecule has 0 saturated heterocycles. The van der Waals surface area contributed by atoms with Gasteiger partial charge in [0.25, 0.3) is 5.91 Å². The summed E-state index contributed by atoms with van der Waals surface area (Å²) in [6, 6.07) is 14.0. The van der Waals surface area contributed by atoms with Crippen LogP contribution in [0.1, 0.15) is 10.4 Å². The fraction of sp³-hybridized carbons (Fsp3) is 0.182.